The maximum Gasteiger partial charge on any atom is 0.341 e. The van der Waals surface area contributed by atoms with Gasteiger partial charge in [-0.2, -0.15) is 0 Å². The van der Waals surface area contributed by atoms with Crippen LogP contribution in [0.5, 0.6) is 5.75 Å². The van der Waals surface area contributed by atoms with Gasteiger partial charge in [0, 0.05) is 0 Å². The molecular weight excluding hydrogens is 312 g/mol. The van der Waals surface area contributed by atoms with Crippen molar-refractivity contribution >= 4 is 5.97 Å². The van der Waals surface area contributed by atoms with Crippen LogP contribution in [0.2, 0.25) is 0 Å². The van der Waals surface area contributed by atoms with E-state index in [1.807, 2.05) is 70.2 Å². The second kappa shape index (κ2) is 8.34. The van der Waals surface area contributed by atoms with Gasteiger partial charge in [0.2, 0.25) is 0 Å². The predicted octanol–water partition coefficient (Wildman–Crippen LogP) is 5.54. The molecule has 0 saturated carbocycles. The molecule has 2 aromatic rings. The first-order valence-electron chi connectivity index (χ1n) is 8.21. The smallest absolute Gasteiger partial charge is 0.341 e. The molecule has 0 spiro atoms. The summed E-state index contributed by atoms with van der Waals surface area (Å²) in [6, 6.07) is 18.0. The third kappa shape index (κ3) is 4.60. The molecule has 0 aromatic heterocycles. The molecule has 0 radical (unpaired) electrons. The van der Waals surface area contributed by atoms with Gasteiger partial charge in [0.1, 0.15) is 17.1 Å². The highest BCUT2D eigenvalue weighted by molar-refractivity contribution is 5.93. The highest BCUT2D eigenvalue weighted by Gasteiger charge is 2.20. The molecule has 0 aliphatic rings. The van der Waals surface area contributed by atoms with Crippen molar-refractivity contribution in [2.24, 2.45) is 0 Å². The van der Waals surface area contributed by atoms with Crippen molar-refractivity contribution in [3.05, 3.63) is 77.1 Å². The van der Waals surface area contributed by atoms with Crippen LogP contribution in [-0.4, -0.2) is 13.1 Å². The quantitative estimate of drug-likeness (QED) is 0.311. The van der Waals surface area contributed by atoms with Crippen molar-refractivity contribution in [1.82, 2.24) is 0 Å². The van der Waals surface area contributed by atoms with E-state index in [0.717, 1.165) is 22.3 Å². The van der Waals surface area contributed by atoms with E-state index in [1.165, 1.54) is 7.11 Å². The van der Waals surface area contributed by atoms with Crippen LogP contribution < -0.4 is 4.74 Å². The number of carbonyl (C=O) groups excluding carboxylic acids is 1. The summed E-state index contributed by atoms with van der Waals surface area (Å²) in [6.07, 6.45) is 0. The number of benzene rings is 2. The Labute approximate surface area is 149 Å². The molecule has 0 heterocycles. The Kier molecular flexibility index (Phi) is 6.18. The third-order valence-corrected chi connectivity index (χ3v) is 3.75. The lowest BCUT2D eigenvalue weighted by Gasteiger charge is -2.16. The molecule has 0 aliphatic heterocycles. The van der Waals surface area contributed by atoms with Crippen LogP contribution in [-0.2, 0) is 9.53 Å². The largest absolute Gasteiger partial charge is 0.465 e. The van der Waals surface area contributed by atoms with Gasteiger partial charge in [-0.05, 0) is 56.5 Å². The fourth-order valence-corrected chi connectivity index (χ4v) is 2.49. The zero-order valence-corrected chi connectivity index (χ0v) is 15.4. The summed E-state index contributed by atoms with van der Waals surface area (Å²) in [5, 5.41) is 0. The summed E-state index contributed by atoms with van der Waals surface area (Å²) in [7, 11) is 1.38. The SMILES string of the molecule is COC(=O)C(=C(C)C)C(Oc1ccc(-c2ccccc2)cc1)=C(C)C. The second-order valence-corrected chi connectivity index (χ2v) is 6.19. The first-order valence-corrected chi connectivity index (χ1v) is 8.21. The molecule has 130 valence electrons. The van der Waals surface area contributed by atoms with Gasteiger partial charge in [-0.1, -0.05) is 48.0 Å². The van der Waals surface area contributed by atoms with Crippen LogP contribution in [0.1, 0.15) is 27.7 Å². The zero-order chi connectivity index (χ0) is 18.4. The number of methoxy groups -OCH3 is 1. The number of ether oxygens (including phenoxy) is 2. The molecule has 3 heteroatoms. The summed E-state index contributed by atoms with van der Waals surface area (Å²) in [5.41, 5.74) is 4.49. The lowest BCUT2D eigenvalue weighted by molar-refractivity contribution is -0.136. The minimum absolute atomic E-state index is 0.392. The monoisotopic (exact) mass is 336 g/mol. The number of rotatable bonds is 5. The van der Waals surface area contributed by atoms with E-state index >= 15 is 0 Å². The Morgan fingerprint density at radius 2 is 1.32 bits per heavy atom. The Hall–Kier alpha value is -2.81. The van der Waals surface area contributed by atoms with E-state index < -0.39 is 5.97 Å². The Morgan fingerprint density at radius 1 is 0.760 bits per heavy atom. The topological polar surface area (TPSA) is 35.5 Å². The van der Waals surface area contributed by atoms with Gasteiger partial charge >= 0.3 is 5.97 Å². The van der Waals surface area contributed by atoms with E-state index in [2.05, 4.69) is 12.1 Å². The van der Waals surface area contributed by atoms with Crippen LogP contribution in [0.25, 0.3) is 11.1 Å². The zero-order valence-electron chi connectivity index (χ0n) is 15.4. The van der Waals surface area contributed by atoms with E-state index in [9.17, 15) is 4.79 Å². The fourth-order valence-electron chi connectivity index (χ4n) is 2.49. The maximum atomic E-state index is 12.1. The van der Waals surface area contributed by atoms with Gasteiger partial charge in [0.25, 0.3) is 0 Å². The first kappa shape index (κ1) is 18.5. The molecule has 3 nitrogen and oxygen atoms in total. The highest BCUT2D eigenvalue weighted by atomic mass is 16.5. The number of hydrogen-bond acceptors (Lipinski definition) is 3. The highest BCUT2D eigenvalue weighted by Crippen LogP contribution is 2.27. The average Bonchev–Trinajstić information content (AvgIpc) is 2.61. The summed E-state index contributed by atoms with van der Waals surface area (Å²) in [4.78, 5) is 12.1. The van der Waals surface area contributed by atoms with Crippen LogP contribution >= 0.6 is 0 Å². The number of carbonyl (C=O) groups is 1. The minimum Gasteiger partial charge on any atom is -0.465 e. The normalized spacial score (nSPS) is 9.96. The van der Waals surface area contributed by atoms with Gasteiger partial charge in [-0.25, -0.2) is 4.79 Å². The number of hydrogen-bond donors (Lipinski definition) is 0. The molecule has 0 amide bonds. The van der Waals surface area contributed by atoms with Crippen LogP contribution in [0.15, 0.2) is 77.1 Å². The van der Waals surface area contributed by atoms with Gasteiger partial charge in [0.15, 0.2) is 0 Å². The molecule has 25 heavy (non-hydrogen) atoms. The van der Waals surface area contributed by atoms with E-state index in [-0.39, 0.29) is 0 Å². The van der Waals surface area contributed by atoms with Crippen LogP contribution in [0.3, 0.4) is 0 Å². The summed E-state index contributed by atoms with van der Waals surface area (Å²) < 4.78 is 10.9. The summed E-state index contributed by atoms with van der Waals surface area (Å²) >= 11 is 0. The maximum absolute atomic E-state index is 12.1. The van der Waals surface area contributed by atoms with Crippen LogP contribution in [0, 0.1) is 0 Å². The van der Waals surface area contributed by atoms with Crippen molar-refractivity contribution in [3.8, 4) is 16.9 Å². The van der Waals surface area contributed by atoms with E-state index in [0.29, 0.717) is 17.1 Å². The van der Waals surface area contributed by atoms with Crippen molar-refractivity contribution in [1.29, 1.82) is 0 Å². The molecule has 0 unspecified atom stereocenters. The molecule has 0 bridgehead atoms. The molecule has 0 atom stereocenters. The number of allylic oxidation sites excluding steroid dienone is 2. The average molecular weight is 336 g/mol. The predicted molar refractivity (Wildman–Crippen MR) is 101 cm³/mol. The first-order chi connectivity index (χ1) is 11.9. The second-order valence-electron chi connectivity index (χ2n) is 6.19. The van der Waals surface area contributed by atoms with Gasteiger partial charge < -0.3 is 9.47 Å². The van der Waals surface area contributed by atoms with Gasteiger partial charge in [0.05, 0.1) is 7.11 Å². The lowest BCUT2D eigenvalue weighted by atomic mass is 10.0. The molecule has 0 aliphatic carbocycles. The molecule has 2 rings (SSSR count). The summed E-state index contributed by atoms with van der Waals surface area (Å²) in [5.74, 6) is 0.829. The molecule has 0 fully saturated rings. The lowest BCUT2D eigenvalue weighted by Crippen LogP contribution is -2.14. The van der Waals surface area contributed by atoms with E-state index in [1.54, 1.807) is 0 Å². The molecular formula is C22H24O3. The molecule has 0 N–H and O–H groups in total. The van der Waals surface area contributed by atoms with Crippen molar-refractivity contribution in [3.63, 3.8) is 0 Å². The fraction of sp³-hybridized carbons (Fsp3) is 0.227. The van der Waals surface area contributed by atoms with Gasteiger partial charge in [-0.15, -0.1) is 0 Å². The third-order valence-electron chi connectivity index (χ3n) is 3.75. The Bertz CT molecular complexity index is 789. The van der Waals surface area contributed by atoms with Crippen molar-refractivity contribution in [2.45, 2.75) is 27.7 Å². The van der Waals surface area contributed by atoms with Crippen molar-refractivity contribution in [2.75, 3.05) is 7.11 Å². The Balaban J connectivity index is 2.31. The Morgan fingerprint density at radius 3 is 1.80 bits per heavy atom. The molecule has 0 saturated heterocycles. The number of esters is 1. The minimum atomic E-state index is -0.392. The summed E-state index contributed by atoms with van der Waals surface area (Å²) in [6.45, 7) is 7.58. The van der Waals surface area contributed by atoms with Crippen LogP contribution in [0.4, 0.5) is 0 Å². The van der Waals surface area contributed by atoms with Crippen molar-refractivity contribution < 1.29 is 14.3 Å². The van der Waals surface area contributed by atoms with E-state index in [4.69, 9.17) is 9.47 Å². The van der Waals surface area contributed by atoms with Gasteiger partial charge in [-0.3, -0.25) is 0 Å². The molecule has 2 aromatic carbocycles. The standard InChI is InChI=1S/C22H24O3/c1-15(2)20(22(23)24-5)21(16(3)4)25-19-13-11-18(12-14-19)17-9-7-6-8-10-17/h6-14H,1-5H3.